The van der Waals surface area contributed by atoms with E-state index >= 15 is 0 Å². The van der Waals surface area contributed by atoms with Crippen LogP contribution in [-0.2, 0) is 19.5 Å². The van der Waals surface area contributed by atoms with Crippen LogP contribution in [0.5, 0.6) is 6.01 Å². The molecule has 0 radical (unpaired) electrons. The van der Waals surface area contributed by atoms with Crippen molar-refractivity contribution in [2.24, 2.45) is 0 Å². The fraction of sp³-hybridized carbons (Fsp3) is 0.364. The second-order valence-corrected chi connectivity index (χ2v) is 8.44. The molecule has 0 amide bonds. The number of nitro groups is 1. The maximum Gasteiger partial charge on any atom is 0.415 e. The zero-order valence-corrected chi connectivity index (χ0v) is 17.1. The highest BCUT2D eigenvalue weighted by atomic mass is 19.1. The summed E-state index contributed by atoms with van der Waals surface area (Å²) in [6.45, 7) is 4.88. The summed E-state index contributed by atoms with van der Waals surface area (Å²) in [6.07, 6.45) is 3.28. The first-order valence-electron chi connectivity index (χ1n) is 10.3. The van der Waals surface area contributed by atoms with Crippen molar-refractivity contribution in [3.05, 3.63) is 69.8 Å². The number of fused-ring (bicyclic) bond motifs is 2. The molecule has 31 heavy (non-hydrogen) atoms. The van der Waals surface area contributed by atoms with E-state index in [4.69, 9.17) is 9.72 Å². The van der Waals surface area contributed by atoms with Gasteiger partial charge in [0, 0.05) is 29.3 Å². The van der Waals surface area contributed by atoms with Crippen LogP contribution in [-0.4, -0.2) is 43.0 Å². The van der Waals surface area contributed by atoms with Crippen LogP contribution in [0.2, 0.25) is 0 Å². The van der Waals surface area contributed by atoms with E-state index in [0.717, 1.165) is 42.9 Å². The Morgan fingerprint density at radius 1 is 1.23 bits per heavy atom. The molecule has 2 aliphatic heterocycles. The summed E-state index contributed by atoms with van der Waals surface area (Å²) in [6, 6.07) is 10.8. The Morgan fingerprint density at radius 2 is 2.03 bits per heavy atom. The number of aryl methyl sites for hydroxylation is 1. The number of ether oxygens (including phenoxy) is 1. The Morgan fingerprint density at radius 3 is 2.77 bits per heavy atom. The van der Waals surface area contributed by atoms with Crippen molar-refractivity contribution in [3.8, 4) is 17.3 Å². The first kappa shape index (κ1) is 19.6. The molecule has 1 aromatic carbocycles. The molecule has 2 aliphatic rings. The van der Waals surface area contributed by atoms with Crippen molar-refractivity contribution in [3.63, 3.8) is 0 Å². The van der Waals surface area contributed by atoms with Crippen molar-refractivity contribution in [1.82, 2.24) is 19.4 Å². The fourth-order valence-electron chi connectivity index (χ4n) is 4.43. The minimum atomic E-state index is -0.509. The molecule has 0 fully saturated rings. The predicted octanol–water partition coefficient (Wildman–Crippen LogP) is 3.59. The van der Waals surface area contributed by atoms with Crippen LogP contribution < -0.4 is 4.74 Å². The van der Waals surface area contributed by atoms with E-state index in [-0.39, 0.29) is 11.6 Å². The molecule has 8 nitrogen and oxygen atoms in total. The first-order valence-corrected chi connectivity index (χ1v) is 10.3. The van der Waals surface area contributed by atoms with Gasteiger partial charge in [-0.3, -0.25) is 14.5 Å². The van der Waals surface area contributed by atoms with Crippen LogP contribution in [0.1, 0.15) is 24.6 Å². The summed E-state index contributed by atoms with van der Waals surface area (Å²) in [7, 11) is 0. The molecule has 5 rings (SSSR count). The van der Waals surface area contributed by atoms with Crippen LogP contribution in [0.3, 0.4) is 0 Å². The van der Waals surface area contributed by atoms with Gasteiger partial charge in [-0.15, -0.1) is 0 Å². The minimum Gasteiger partial charge on any atom is -0.436 e. The molecule has 0 aliphatic carbocycles. The Kier molecular flexibility index (Phi) is 4.70. The van der Waals surface area contributed by atoms with Gasteiger partial charge in [-0.2, -0.15) is 0 Å². The third kappa shape index (κ3) is 3.88. The lowest BCUT2D eigenvalue weighted by Crippen LogP contribution is -2.44. The molecule has 0 N–H and O–H groups in total. The van der Waals surface area contributed by atoms with Gasteiger partial charge in [0.2, 0.25) is 0 Å². The fourth-order valence-corrected chi connectivity index (χ4v) is 4.43. The summed E-state index contributed by atoms with van der Waals surface area (Å²) in [5, 5.41) is 10.9. The second kappa shape index (κ2) is 7.42. The van der Waals surface area contributed by atoms with Gasteiger partial charge in [0.1, 0.15) is 17.6 Å². The van der Waals surface area contributed by atoms with Gasteiger partial charge in [-0.25, -0.2) is 4.39 Å². The normalized spacial score (nSPS) is 20.6. The SMILES string of the molecule is C[C@]1(CN2CCCc3nc(-c4ccc(F)cc4)ccc3C2)Cn2cc([N+](=O)[O-])nc2O1. The molecular weight excluding hydrogens is 401 g/mol. The topological polar surface area (TPSA) is 86.3 Å². The number of aromatic nitrogens is 3. The highest BCUT2D eigenvalue weighted by Crippen LogP contribution is 2.32. The number of pyridine rings is 1. The first-order chi connectivity index (χ1) is 14.9. The monoisotopic (exact) mass is 423 g/mol. The zero-order chi connectivity index (χ0) is 21.6. The molecule has 1 atom stereocenters. The Bertz CT molecular complexity index is 1120. The van der Waals surface area contributed by atoms with Crippen LogP contribution in [0.4, 0.5) is 10.2 Å². The van der Waals surface area contributed by atoms with Crippen LogP contribution in [0, 0.1) is 15.9 Å². The largest absolute Gasteiger partial charge is 0.436 e. The van der Waals surface area contributed by atoms with E-state index in [9.17, 15) is 14.5 Å². The van der Waals surface area contributed by atoms with Gasteiger partial charge in [-0.1, -0.05) is 6.07 Å². The molecule has 160 valence electrons. The van der Waals surface area contributed by atoms with Crippen molar-refractivity contribution in [1.29, 1.82) is 0 Å². The molecule has 0 saturated carbocycles. The van der Waals surface area contributed by atoms with Crippen LogP contribution in [0.15, 0.2) is 42.6 Å². The second-order valence-electron chi connectivity index (χ2n) is 8.44. The number of rotatable bonds is 4. The summed E-state index contributed by atoms with van der Waals surface area (Å²) in [4.78, 5) is 21.6. The summed E-state index contributed by atoms with van der Waals surface area (Å²) in [5.74, 6) is -0.447. The summed E-state index contributed by atoms with van der Waals surface area (Å²) < 4.78 is 20.9. The molecular formula is C22H22FN5O3. The molecule has 3 aromatic rings. The van der Waals surface area contributed by atoms with Gasteiger partial charge >= 0.3 is 11.8 Å². The number of halogens is 1. The van der Waals surface area contributed by atoms with E-state index < -0.39 is 10.5 Å². The zero-order valence-electron chi connectivity index (χ0n) is 17.1. The van der Waals surface area contributed by atoms with Crippen molar-refractivity contribution < 1.29 is 14.1 Å². The highest BCUT2D eigenvalue weighted by Gasteiger charge is 2.41. The molecule has 9 heteroatoms. The molecule has 2 aromatic heterocycles. The third-order valence-corrected chi connectivity index (χ3v) is 5.81. The number of hydrogen-bond donors (Lipinski definition) is 0. The third-order valence-electron chi connectivity index (χ3n) is 5.81. The lowest BCUT2D eigenvalue weighted by Gasteiger charge is -2.30. The highest BCUT2D eigenvalue weighted by molar-refractivity contribution is 5.59. The number of nitrogens with zero attached hydrogens (tertiary/aromatic N) is 5. The molecule has 0 unspecified atom stereocenters. The van der Waals surface area contributed by atoms with E-state index in [2.05, 4.69) is 16.0 Å². The predicted molar refractivity (Wildman–Crippen MR) is 111 cm³/mol. The van der Waals surface area contributed by atoms with Crippen molar-refractivity contribution in [2.75, 3.05) is 13.1 Å². The lowest BCUT2D eigenvalue weighted by atomic mass is 10.1. The van der Waals surface area contributed by atoms with Gasteiger partial charge < -0.3 is 14.9 Å². The van der Waals surface area contributed by atoms with E-state index in [1.165, 1.54) is 23.9 Å². The summed E-state index contributed by atoms with van der Waals surface area (Å²) >= 11 is 0. The van der Waals surface area contributed by atoms with E-state index in [1.54, 1.807) is 16.7 Å². The standard InChI is InChI=1S/C22H22FN5O3/c1-22(14-27-12-20(28(29)30)25-21(27)31-22)13-26-10-2-3-18-16(11-26)6-9-19(24-18)15-4-7-17(23)8-5-15/h4-9,12H,2-3,10-11,13-14H2,1H3/t22-/m0/s1. The van der Waals surface area contributed by atoms with Gasteiger partial charge in [0.15, 0.2) is 0 Å². The van der Waals surface area contributed by atoms with E-state index in [0.29, 0.717) is 19.1 Å². The van der Waals surface area contributed by atoms with Crippen LogP contribution >= 0.6 is 0 Å². The van der Waals surface area contributed by atoms with Gasteiger partial charge in [0.25, 0.3) is 0 Å². The van der Waals surface area contributed by atoms with Gasteiger partial charge in [-0.05, 0) is 67.1 Å². The molecule has 0 spiro atoms. The molecule has 0 saturated heterocycles. The quantitative estimate of drug-likeness (QED) is 0.471. The Labute approximate surface area is 178 Å². The molecule has 4 heterocycles. The lowest BCUT2D eigenvalue weighted by molar-refractivity contribution is -0.389. The Hall–Kier alpha value is -3.33. The van der Waals surface area contributed by atoms with Crippen molar-refractivity contribution in [2.45, 2.75) is 38.5 Å². The number of benzene rings is 1. The number of imidazole rings is 1. The summed E-state index contributed by atoms with van der Waals surface area (Å²) in [5.41, 5.74) is 3.51. The van der Waals surface area contributed by atoms with E-state index in [1.807, 2.05) is 13.0 Å². The maximum atomic E-state index is 13.2. The average molecular weight is 423 g/mol. The minimum absolute atomic E-state index is 0.191. The maximum absolute atomic E-state index is 13.2. The smallest absolute Gasteiger partial charge is 0.415 e. The Balaban J connectivity index is 1.30. The van der Waals surface area contributed by atoms with Gasteiger partial charge in [0.05, 0.1) is 12.2 Å². The average Bonchev–Trinajstić information content (AvgIpc) is 3.16. The van der Waals surface area contributed by atoms with Crippen molar-refractivity contribution >= 4 is 5.82 Å². The number of hydrogen-bond acceptors (Lipinski definition) is 6. The molecule has 0 bridgehead atoms. The van der Waals surface area contributed by atoms with Crippen LogP contribution in [0.25, 0.3) is 11.3 Å².